The zero-order chi connectivity index (χ0) is 11.2. The van der Waals surface area contributed by atoms with Crippen LogP contribution in [-0.2, 0) is 0 Å². The smallest absolute Gasteiger partial charge is 0.155 e. The Morgan fingerprint density at radius 2 is 2.13 bits per heavy atom. The predicted molar refractivity (Wildman–Crippen MR) is 66.8 cm³/mol. The lowest BCUT2D eigenvalue weighted by molar-refractivity contribution is 1.25. The molecule has 1 atom stereocenters. The summed E-state index contributed by atoms with van der Waals surface area (Å²) in [5, 5.41) is 3.75. The van der Waals surface area contributed by atoms with E-state index in [0.717, 1.165) is 5.56 Å². The topological polar surface area (TPSA) is 50.4 Å². The number of benzene rings is 1. The third-order valence-corrected chi connectivity index (χ3v) is 3.40. The molecule has 1 aliphatic rings. The summed E-state index contributed by atoms with van der Waals surface area (Å²) in [6, 6.07) is 1.81. The largest absolute Gasteiger partial charge is 0.396 e. The Labute approximate surface area is 102 Å². The van der Waals surface area contributed by atoms with E-state index in [1.807, 2.05) is 13.0 Å². The molecule has 0 radical (unpaired) electrons. The number of nitrogens with two attached hydrogens (primary N) is 1. The van der Waals surface area contributed by atoms with Gasteiger partial charge in [-0.3, -0.25) is 0 Å². The fourth-order valence-electron chi connectivity index (χ4n) is 1.40. The number of aryl methyl sites for hydroxylation is 1. The van der Waals surface area contributed by atoms with Crippen molar-refractivity contribution in [2.45, 2.75) is 12.4 Å². The lowest BCUT2D eigenvalue weighted by atomic mass is 10.1. The Bertz CT molecular complexity index is 456. The molecule has 0 saturated carbocycles. The minimum Gasteiger partial charge on any atom is -0.396 e. The van der Waals surface area contributed by atoms with Gasteiger partial charge in [0.1, 0.15) is 5.17 Å². The molecular formula is C9H8Cl3N3. The first-order valence-corrected chi connectivity index (χ1v) is 5.43. The molecule has 0 spiro atoms. The van der Waals surface area contributed by atoms with Gasteiger partial charge < -0.3 is 11.1 Å². The number of nitrogens with one attached hydrogen (secondary N) is 1. The van der Waals surface area contributed by atoms with Crippen molar-refractivity contribution in [3.05, 3.63) is 16.7 Å². The van der Waals surface area contributed by atoms with Gasteiger partial charge in [-0.25, -0.2) is 4.99 Å². The summed E-state index contributed by atoms with van der Waals surface area (Å²) >= 11 is 17.7. The molecule has 1 aromatic rings. The molecule has 0 fully saturated rings. The number of alkyl halides is 1. The monoisotopic (exact) mass is 263 g/mol. The lowest BCUT2D eigenvalue weighted by Crippen LogP contribution is -2.23. The van der Waals surface area contributed by atoms with E-state index in [1.165, 1.54) is 0 Å². The van der Waals surface area contributed by atoms with Crippen LogP contribution in [0.15, 0.2) is 11.1 Å². The Balaban J connectivity index is 2.66. The van der Waals surface area contributed by atoms with Gasteiger partial charge in [0.15, 0.2) is 5.50 Å². The molecule has 6 heteroatoms. The molecule has 80 valence electrons. The Kier molecular flexibility index (Phi) is 2.71. The summed E-state index contributed by atoms with van der Waals surface area (Å²) < 4.78 is 0. The summed E-state index contributed by atoms with van der Waals surface area (Å²) in [6.45, 7) is 1.86. The number of anilines is 2. The van der Waals surface area contributed by atoms with Gasteiger partial charge in [0.25, 0.3) is 0 Å². The van der Waals surface area contributed by atoms with E-state index in [0.29, 0.717) is 27.3 Å². The van der Waals surface area contributed by atoms with Crippen LogP contribution in [0.25, 0.3) is 0 Å². The van der Waals surface area contributed by atoms with Gasteiger partial charge in [0.05, 0.1) is 22.1 Å². The first-order valence-electron chi connectivity index (χ1n) is 4.24. The summed E-state index contributed by atoms with van der Waals surface area (Å²) in [6.07, 6.45) is 0. The minimum atomic E-state index is -0.555. The van der Waals surface area contributed by atoms with Crippen LogP contribution in [0.3, 0.4) is 0 Å². The SMILES string of the molecule is Cc1cc2c(c(N)c1Cl)NC(Cl)C(Cl)=N2. The molecule has 1 aromatic carbocycles. The van der Waals surface area contributed by atoms with Gasteiger partial charge >= 0.3 is 0 Å². The quantitative estimate of drug-likeness (QED) is 0.428. The zero-order valence-electron chi connectivity index (χ0n) is 7.81. The molecule has 1 aliphatic heterocycles. The highest BCUT2D eigenvalue weighted by atomic mass is 35.5. The van der Waals surface area contributed by atoms with E-state index in [9.17, 15) is 0 Å². The van der Waals surface area contributed by atoms with E-state index in [-0.39, 0.29) is 0 Å². The van der Waals surface area contributed by atoms with Gasteiger partial charge in [0.2, 0.25) is 0 Å². The van der Waals surface area contributed by atoms with Crippen molar-refractivity contribution in [1.29, 1.82) is 0 Å². The normalized spacial score (nSPS) is 19.2. The summed E-state index contributed by atoms with van der Waals surface area (Å²) in [5.74, 6) is 0. The van der Waals surface area contributed by atoms with Crippen molar-refractivity contribution < 1.29 is 0 Å². The molecule has 2 rings (SSSR count). The lowest BCUT2D eigenvalue weighted by Gasteiger charge is -2.22. The maximum absolute atomic E-state index is 6.01. The predicted octanol–water partition coefficient (Wildman–Crippen LogP) is 3.49. The Morgan fingerprint density at radius 3 is 2.80 bits per heavy atom. The van der Waals surface area contributed by atoms with Crippen LogP contribution >= 0.6 is 34.8 Å². The second kappa shape index (κ2) is 3.74. The number of nitrogens with zero attached hydrogens (tertiary/aromatic N) is 1. The molecule has 0 aliphatic carbocycles. The Hall–Kier alpha value is -0.640. The molecule has 0 bridgehead atoms. The molecular weight excluding hydrogens is 256 g/mol. The maximum Gasteiger partial charge on any atom is 0.155 e. The average molecular weight is 265 g/mol. The second-order valence-corrected chi connectivity index (χ2v) is 4.46. The van der Waals surface area contributed by atoms with Crippen LogP contribution in [0.5, 0.6) is 0 Å². The van der Waals surface area contributed by atoms with Gasteiger partial charge in [0, 0.05) is 0 Å². The molecule has 3 N–H and O–H groups in total. The number of fused-ring (bicyclic) bond motifs is 1. The Morgan fingerprint density at radius 1 is 1.47 bits per heavy atom. The molecule has 0 amide bonds. The number of rotatable bonds is 0. The molecule has 1 unspecified atom stereocenters. The van der Waals surface area contributed by atoms with Crippen molar-refractivity contribution in [2.24, 2.45) is 4.99 Å². The highest BCUT2D eigenvalue weighted by Gasteiger charge is 2.22. The van der Waals surface area contributed by atoms with E-state index >= 15 is 0 Å². The minimum absolute atomic E-state index is 0.297. The van der Waals surface area contributed by atoms with Crippen molar-refractivity contribution in [3.63, 3.8) is 0 Å². The zero-order valence-corrected chi connectivity index (χ0v) is 10.1. The summed E-state index contributed by atoms with van der Waals surface area (Å²) in [5.41, 5.74) is 7.90. The van der Waals surface area contributed by atoms with E-state index in [1.54, 1.807) is 0 Å². The van der Waals surface area contributed by atoms with Crippen molar-refractivity contribution in [1.82, 2.24) is 0 Å². The van der Waals surface area contributed by atoms with Crippen LogP contribution in [-0.4, -0.2) is 10.7 Å². The van der Waals surface area contributed by atoms with Crippen molar-refractivity contribution in [3.8, 4) is 0 Å². The fraction of sp³-hybridized carbons (Fsp3) is 0.222. The third-order valence-electron chi connectivity index (χ3n) is 2.17. The number of hydrogen-bond acceptors (Lipinski definition) is 3. The molecule has 15 heavy (non-hydrogen) atoms. The van der Waals surface area contributed by atoms with Gasteiger partial charge in [-0.05, 0) is 18.6 Å². The van der Waals surface area contributed by atoms with Crippen LogP contribution in [0, 0.1) is 6.92 Å². The standard InChI is InChI=1S/C9H8Cl3N3/c1-3-2-4-7(6(13)5(3)10)15-9(12)8(11)14-4/h2,9,15H,13H2,1H3. The van der Waals surface area contributed by atoms with Gasteiger partial charge in [-0.1, -0.05) is 34.8 Å². The first-order chi connectivity index (χ1) is 7.00. The third kappa shape index (κ3) is 1.75. The van der Waals surface area contributed by atoms with Crippen LogP contribution in [0.4, 0.5) is 17.1 Å². The van der Waals surface area contributed by atoms with Crippen LogP contribution in [0.1, 0.15) is 5.56 Å². The number of halogens is 3. The van der Waals surface area contributed by atoms with Crippen LogP contribution in [0.2, 0.25) is 5.02 Å². The van der Waals surface area contributed by atoms with E-state index in [4.69, 9.17) is 40.5 Å². The molecule has 0 aromatic heterocycles. The average Bonchev–Trinajstić information content (AvgIpc) is 2.19. The fourth-order valence-corrected chi connectivity index (χ4v) is 1.85. The van der Waals surface area contributed by atoms with Crippen molar-refractivity contribution in [2.75, 3.05) is 11.1 Å². The van der Waals surface area contributed by atoms with Gasteiger partial charge in [-0.15, -0.1) is 0 Å². The second-order valence-electron chi connectivity index (χ2n) is 3.26. The highest BCUT2D eigenvalue weighted by molar-refractivity contribution is 6.71. The maximum atomic E-state index is 6.01. The van der Waals surface area contributed by atoms with Crippen molar-refractivity contribution >= 4 is 57.0 Å². The summed E-state index contributed by atoms with van der Waals surface area (Å²) in [4.78, 5) is 4.14. The van der Waals surface area contributed by atoms with E-state index in [2.05, 4.69) is 10.3 Å². The highest BCUT2D eigenvalue weighted by Crippen LogP contribution is 2.42. The molecule has 1 heterocycles. The molecule has 3 nitrogen and oxygen atoms in total. The number of hydrogen-bond donors (Lipinski definition) is 2. The summed E-state index contributed by atoms with van der Waals surface area (Å²) in [7, 11) is 0. The number of aliphatic imine (C=N–C) groups is 1. The number of nitrogen functional groups attached to an aromatic ring is 1. The first kappa shape index (κ1) is 10.9. The van der Waals surface area contributed by atoms with Gasteiger partial charge in [-0.2, -0.15) is 0 Å². The molecule has 0 saturated heterocycles. The van der Waals surface area contributed by atoms with E-state index < -0.39 is 5.50 Å². The van der Waals surface area contributed by atoms with Crippen LogP contribution < -0.4 is 11.1 Å².